The van der Waals surface area contributed by atoms with E-state index in [2.05, 4.69) is 25.2 Å². The van der Waals surface area contributed by atoms with Crippen molar-refractivity contribution in [2.75, 3.05) is 25.5 Å². The van der Waals surface area contributed by atoms with Gasteiger partial charge in [0.05, 0.1) is 17.0 Å². The molecule has 2 heterocycles. The normalized spacial score (nSPS) is 11.8. The van der Waals surface area contributed by atoms with Gasteiger partial charge in [-0.05, 0) is 67.9 Å². The summed E-state index contributed by atoms with van der Waals surface area (Å²) in [5, 5.41) is 2.92. The lowest BCUT2D eigenvalue weighted by Crippen LogP contribution is -2.29. The van der Waals surface area contributed by atoms with E-state index in [0.717, 1.165) is 34.8 Å². The van der Waals surface area contributed by atoms with Crippen LogP contribution in [0.25, 0.3) is 0 Å². The number of amides is 1. The molecule has 0 unspecified atom stereocenters. The number of carbonyl (C=O) groups excluding carboxylic acids is 1. The minimum absolute atomic E-state index is 0.190. The number of nitrogens with zero attached hydrogens (tertiary/aromatic N) is 4. The van der Waals surface area contributed by atoms with E-state index in [1.807, 2.05) is 67.6 Å². The number of carbonyl (C=O) groups is 1. The van der Waals surface area contributed by atoms with Gasteiger partial charge in [-0.2, -0.15) is 0 Å². The second-order valence-corrected chi connectivity index (χ2v) is 7.91. The van der Waals surface area contributed by atoms with Gasteiger partial charge >= 0.3 is 0 Å². The van der Waals surface area contributed by atoms with Crippen LogP contribution in [0.2, 0.25) is 0 Å². The van der Waals surface area contributed by atoms with Crippen LogP contribution in [0.3, 0.4) is 0 Å². The number of nitrogens with two attached hydrogens (primary N) is 1. The molecule has 34 heavy (non-hydrogen) atoms. The number of benzene rings is 1. The smallest absolute Gasteiger partial charge is 0.257 e. The van der Waals surface area contributed by atoms with E-state index in [-0.39, 0.29) is 5.91 Å². The van der Waals surface area contributed by atoms with E-state index < -0.39 is 0 Å². The predicted octanol–water partition coefficient (Wildman–Crippen LogP) is 3.88. The van der Waals surface area contributed by atoms with Gasteiger partial charge in [0, 0.05) is 50.5 Å². The first-order chi connectivity index (χ1) is 16.6. The number of pyridine rings is 2. The first-order valence-corrected chi connectivity index (χ1v) is 11.4. The van der Waals surface area contributed by atoms with Gasteiger partial charge in [0.2, 0.25) is 0 Å². The summed E-state index contributed by atoms with van der Waals surface area (Å²) >= 11 is 0. The van der Waals surface area contributed by atoms with Crippen molar-refractivity contribution in [2.24, 2.45) is 10.7 Å². The molecule has 0 atom stereocenters. The van der Waals surface area contributed by atoms with Crippen molar-refractivity contribution in [1.29, 1.82) is 0 Å². The summed E-state index contributed by atoms with van der Waals surface area (Å²) in [7, 11) is 1.80. The Balaban J connectivity index is 1.66. The molecule has 0 spiro atoms. The van der Waals surface area contributed by atoms with Crippen LogP contribution < -0.4 is 11.1 Å². The summed E-state index contributed by atoms with van der Waals surface area (Å²) in [6, 6.07) is 17.3. The number of aromatic nitrogens is 2. The summed E-state index contributed by atoms with van der Waals surface area (Å²) in [4.78, 5) is 28.3. The van der Waals surface area contributed by atoms with E-state index in [0.29, 0.717) is 31.7 Å². The van der Waals surface area contributed by atoms with E-state index in [1.54, 1.807) is 25.5 Å². The highest BCUT2D eigenvalue weighted by molar-refractivity contribution is 6.04. The van der Waals surface area contributed by atoms with Gasteiger partial charge in [-0.15, -0.1) is 0 Å². The Bertz CT molecular complexity index is 1090. The topological polar surface area (TPSA) is 96.5 Å². The van der Waals surface area contributed by atoms with Crippen molar-refractivity contribution in [1.82, 2.24) is 14.9 Å². The van der Waals surface area contributed by atoms with Gasteiger partial charge in [-0.1, -0.05) is 24.3 Å². The molecule has 0 aliphatic heterocycles. The summed E-state index contributed by atoms with van der Waals surface area (Å²) in [5.41, 5.74) is 10.8. The van der Waals surface area contributed by atoms with Crippen molar-refractivity contribution in [3.63, 3.8) is 0 Å². The fourth-order valence-corrected chi connectivity index (χ4v) is 3.51. The Morgan fingerprint density at radius 1 is 1.06 bits per heavy atom. The molecular formula is C27H32N6O. The Morgan fingerprint density at radius 2 is 1.82 bits per heavy atom. The summed E-state index contributed by atoms with van der Waals surface area (Å²) in [5.74, 6) is -0.190. The third-order valence-corrected chi connectivity index (χ3v) is 5.26. The first kappa shape index (κ1) is 25.0. The molecule has 176 valence electrons. The van der Waals surface area contributed by atoms with E-state index in [1.165, 1.54) is 0 Å². The highest BCUT2D eigenvalue weighted by Gasteiger charge is 2.12. The van der Waals surface area contributed by atoms with Crippen LogP contribution in [-0.4, -0.2) is 46.6 Å². The fourth-order valence-electron chi connectivity index (χ4n) is 3.51. The zero-order chi connectivity index (χ0) is 24.2. The molecule has 0 aliphatic carbocycles. The maximum Gasteiger partial charge on any atom is 0.257 e. The Labute approximate surface area is 201 Å². The number of allylic oxidation sites excluding steroid dienone is 1. The molecular weight excluding hydrogens is 424 g/mol. The van der Waals surface area contributed by atoms with Crippen LogP contribution in [0.4, 0.5) is 5.69 Å². The second kappa shape index (κ2) is 13.1. The van der Waals surface area contributed by atoms with Gasteiger partial charge in [-0.3, -0.25) is 24.7 Å². The quantitative estimate of drug-likeness (QED) is 0.427. The maximum atomic E-state index is 12.6. The average molecular weight is 457 g/mol. The van der Waals surface area contributed by atoms with Crippen molar-refractivity contribution in [3.8, 4) is 0 Å². The van der Waals surface area contributed by atoms with Crippen molar-refractivity contribution >= 4 is 17.3 Å². The number of hydrogen-bond donors (Lipinski definition) is 2. The molecule has 0 fully saturated rings. The van der Waals surface area contributed by atoms with Crippen molar-refractivity contribution < 1.29 is 4.79 Å². The van der Waals surface area contributed by atoms with Crippen LogP contribution in [0.15, 0.2) is 84.1 Å². The maximum absolute atomic E-state index is 12.6. The molecule has 1 amide bonds. The fraction of sp³-hybridized carbons (Fsp3) is 0.259. The summed E-state index contributed by atoms with van der Waals surface area (Å²) in [6.07, 6.45) is 8.23. The molecule has 7 nitrogen and oxygen atoms in total. The number of rotatable bonds is 11. The Hall–Kier alpha value is -3.68. The second-order valence-electron chi connectivity index (χ2n) is 7.91. The van der Waals surface area contributed by atoms with Gasteiger partial charge in [0.15, 0.2) is 0 Å². The van der Waals surface area contributed by atoms with Crippen molar-refractivity contribution in [3.05, 3.63) is 102 Å². The van der Waals surface area contributed by atoms with Gasteiger partial charge in [0.1, 0.15) is 0 Å². The van der Waals surface area contributed by atoms with Gasteiger partial charge < -0.3 is 11.1 Å². The number of hydrogen-bond acceptors (Lipinski definition) is 6. The molecule has 0 saturated carbocycles. The third-order valence-electron chi connectivity index (χ3n) is 5.26. The minimum Gasteiger partial charge on any atom is -0.330 e. The lowest BCUT2D eigenvalue weighted by molar-refractivity contribution is 0.102. The standard InChI is InChI=1S/C27H32N6O/c1-3-6-24(29-2)18-33(19-25-7-4-5-16-30-25)20-26-13-10-22(17-31-26)27(34)32-23-11-8-21(9-12-23)14-15-28/h3-13,16-17H,14-15,18-20,28H2,1-2H3,(H,32,34)/b6-3-,29-24+. The number of aliphatic imine (C=N–C) groups is 1. The Morgan fingerprint density at radius 3 is 2.41 bits per heavy atom. The van der Waals surface area contributed by atoms with Gasteiger partial charge in [-0.25, -0.2) is 0 Å². The van der Waals surface area contributed by atoms with E-state index in [4.69, 9.17) is 5.73 Å². The number of anilines is 1. The van der Waals surface area contributed by atoms with Gasteiger partial charge in [0.25, 0.3) is 5.91 Å². The lowest BCUT2D eigenvalue weighted by Gasteiger charge is -2.21. The van der Waals surface area contributed by atoms with Crippen LogP contribution in [-0.2, 0) is 19.5 Å². The molecule has 0 aliphatic rings. The molecule has 3 N–H and O–H groups in total. The highest BCUT2D eigenvalue weighted by Crippen LogP contribution is 2.13. The number of nitrogens with one attached hydrogen (secondary N) is 1. The van der Waals surface area contributed by atoms with Crippen LogP contribution in [0.5, 0.6) is 0 Å². The summed E-state index contributed by atoms with van der Waals surface area (Å²) in [6.45, 7) is 4.53. The molecule has 0 saturated heterocycles. The molecule has 7 heteroatoms. The average Bonchev–Trinajstić information content (AvgIpc) is 2.86. The SMILES string of the molecule is C/C=C\C(CN(Cc1ccccn1)Cc1ccc(C(=O)Nc2ccc(CCN)cc2)cn1)=N/C. The van der Waals surface area contributed by atoms with Crippen LogP contribution in [0, 0.1) is 0 Å². The molecule has 3 aromatic rings. The van der Waals surface area contributed by atoms with Crippen LogP contribution >= 0.6 is 0 Å². The molecule has 2 aromatic heterocycles. The highest BCUT2D eigenvalue weighted by atomic mass is 16.1. The summed E-state index contributed by atoms with van der Waals surface area (Å²) < 4.78 is 0. The molecule has 0 radical (unpaired) electrons. The minimum atomic E-state index is -0.190. The molecule has 0 bridgehead atoms. The first-order valence-electron chi connectivity index (χ1n) is 11.4. The monoisotopic (exact) mass is 456 g/mol. The third kappa shape index (κ3) is 7.72. The van der Waals surface area contributed by atoms with E-state index in [9.17, 15) is 4.79 Å². The largest absolute Gasteiger partial charge is 0.330 e. The molecule has 3 rings (SSSR count). The predicted molar refractivity (Wildman–Crippen MR) is 138 cm³/mol. The zero-order valence-electron chi connectivity index (χ0n) is 19.8. The zero-order valence-corrected chi connectivity index (χ0v) is 19.8. The van der Waals surface area contributed by atoms with E-state index >= 15 is 0 Å². The molecule has 1 aromatic carbocycles. The van der Waals surface area contributed by atoms with Crippen molar-refractivity contribution in [2.45, 2.75) is 26.4 Å². The lowest BCUT2D eigenvalue weighted by atomic mass is 10.1. The Kier molecular flexibility index (Phi) is 9.64. The van der Waals surface area contributed by atoms with Crippen LogP contribution in [0.1, 0.15) is 34.2 Å².